The third-order valence-electron chi connectivity index (χ3n) is 4.86. The number of carbonyl (C=O) groups excluding carboxylic acids is 1. The monoisotopic (exact) mass is 433 g/mol. The number of urea groups is 1. The van der Waals surface area contributed by atoms with Crippen LogP contribution in [0, 0.1) is 6.92 Å². The van der Waals surface area contributed by atoms with E-state index >= 15 is 0 Å². The number of nitrogens with one attached hydrogen (secondary N) is 2. The Morgan fingerprint density at radius 3 is 2.61 bits per heavy atom. The molecule has 0 saturated carbocycles. The molecular weight excluding hydrogens is 410 g/mol. The molecule has 4 rings (SSSR count). The molecule has 0 bridgehead atoms. The summed E-state index contributed by atoms with van der Waals surface area (Å²) in [7, 11) is 0. The fourth-order valence-corrected chi connectivity index (χ4v) is 4.67. The lowest BCUT2D eigenvalue weighted by Gasteiger charge is -2.10. The highest BCUT2D eigenvalue weighted by molar-refractivity contribution is 7.19. The Kier molecular flexibility index (Phi) is 6.11. The van der Waals surface area contributed by atoms with Crippen LogP contribution in [0.15, 0.2) is 54.9 Å². The van der Waals surface area contributed by atoms with Crippen LogP contribution < -0.4 is 16.4 Å². The van der Waals surface area contributed by atoms with E-state index in [4.69, 9.17) is 5.73 Å². The summed E-state index contributed by atoms with van der Waals surface area (Å²) in [5.74, 6) is 0.436. The number of carbonyl (C=O) groups is 1. The number of nitrogens with zero attached hydrogens (tertiary/aromatic N) is 2. The first kappa shape index (κ1) is 20.8. The molecule has 0 aliphatic carbocycles. The zero-order chi connectivity index (χ0) is 21.8. The first-order valence-corrected chi connectivity index (χ1v) is 10.7. The van der Waals surface area contributed by atoms with Gasteiger partial charge in [-0.1, -0.05) is 24.3 Å². The van der Waals surface area contributed by atoms with E-state index < -0.39 is 0 Å². The van der Waals surface area contributed by atoms with Crippen LogP contribution in [0.4, 0.5) is 22.0 Å². The van der Waals surface area contributed by atoms with Crippen molar-refractivity contribution in [2.45, 2.75) is 19.8 Å². The molecule has 0 fully saturated rings. The Bertz CT molecular complexity index is 1220. The lowest BCUT2D eigenvalue weighted by Crippen LogP contribution is -2.19. The Morgan fingerprint density at radius 1 is 1.10 bits per heavy atom. The number of rotatable bonds is 6. The predicted molar refractivity (Wildman–Crippen MR) is 126 cm³/mol. The molecule has 5 N–H and O–H groups in total. The van der Waals surface area contributed by atoms with Crippen LogP contribution >= 0.6 is 11.3 Å². The number of hydrogen-bond acceptors (Lipinski definition) is 6. The van der Waals surface area contributed by atoms with Gasteiger partial charge in [-0.2, -0.15) is 0 Å². The van der Waals surface area contributed by atoms with Crippen LogP contribution in [0.1, 0.15) is 16.9 Å². The second-order valence-electron chi connectivity index (χ2n) is 7.19. The molecule has 0 spiro atoms. The van der Waals surface area contributed by atoms with Crippen molar-refractivity contribution in [2.24, 2.45) is 0 Å². The van der Waals surface area contributed by atoms with Crippen molar-refractivity contribution < 1.29 is 9.90 Å². The van der Waals surface area contributed by atoms with Gasteiger partial charge in [-0.05, 0) is 55.2 Å². The first-order chi connectivity index (χ1) is 15.0. The molecule has 0 radical (unpaired) electrons. The number of aromatic nitrogens is 2. The fourth-order valence-electron chi connectivity index (χ4n) is 3.46. The smallest absolute Gasteiger partial charge is 0.323 e. The predicted octanol–water partition coefficient (Wildman–Crippen LogP) is 4.82. The Morgan fingerprint density at radius 2 is 1.87 bits per heavy atom. The summed E-state index contributed by atoms with van der Waals surface area (Å²) in [5, 5.41) is 15.8. The summed E-state index contributed by atoms with van der Waals surface area (Å²) >= 11 is 1.57. The number of aliphatic hydroxyl groups is 1. The molecule has 2 aromatic carbocycles. The molecule has 2 heterocycles. The number of fused-ring (bicyclic) bond motifs is 1. The highest BCUT2D eigenvalue weighted by Crippen LogP contribution is 2.40. The van der Waals surface area contributed by atoms with Crippen LogP contribution in [0.5, 0.6) is 0 Å². The molecule has 7 nitrogen and oxygen atoms in total. The minimum absolute atomic E-state index is 0.119. The second-order valence-corrected chi connectivity index (χ2v) is 8.28. The molecular formula is C23H23N5O2S. The van der Waals surface area contributed by atoms with Crippen LogP contribution in [-0.2, 0) is 6.42 Å². The largest absolute Gasteiger partial charge is 0.396 e. The summed E-state index contributed by atoms with van der Waals surface area (Å²) in [5.41, 5.74) is 10.6. The molecule has 31 heavy (non-hydrogen) atoms. The molecule has 0 saturated heterocycles. The van der Waals surface area contributed by atoms with Gasteiger partial charge in [-0.25, -0.2) is 14.8 Å². The number of thiophene rings is 1. The standard InChI is InChI=1S/C23H23N5O2S/c1-14-4-2-5-17(12-14)28-23(30)27-16-9-7-15(8-10-16)19-18(6-3-11-29)31-22-20(19)21(24)25-13-26-22/h2,4-5,7-10,12-13,29H,3,6,11H2,1H3,(H2,24,25,26)(H2,27,28,30). The number of aryl methyl sites for hydroxylation is 2. The van der Waals surface area contributed by atoms with Crippen molar-refractivity contribution in [1.82, 2.24) is 9.97 Å². The number of amides is 2. The SMILES string of the molecule is Cc1cccc(NC(=O)Nc2ccc(-c3c(CCCO)sc4ncnc(N)c34)cc2)c1. The summed E-state index contributed by atoms with van der Waals surface area (Å²) in [6.45, 7) is 2.09. The highest BCUT2D eigenvalue weighted by Gasteiger charge is 2.17. The van der Waals surface area contributed by atoms with E-state index in [1.54, 1.807) is 11.3 Å². The van der Waals surface area contributed by atoms with Gasteiger partial charge in [0.05, 0.1) is 5.39 Å². The van der Waals surface area contributed by atoms with E-state index in [1.807, 2.05) is 55.5 Å². The lowest BCUT2D eigenvalue weighted by atomic mass is 10.0. The highest BCUT2D eigenvalue weighted by atomic mass is 32.1. The molecule has 158 valence electrons. The van der Waals surface area contributed by atoms with Crippen molar-refractivity contribution >= 4 is 44.8 Å². The number of anilines is 3. The summed E-state index contributed by atoms with van der Waals surface area (Å²) in [6, 6.07) is 14.9. The average Bonchev–Trinajstić information content (AvgIpc) is 3.12. The minimum Gasteiger partial charge on any atom is -0.396 e. The van der Waals surface area contributed by atoms with Gasteiger partial charge < -0.3 is 21.5 Å². The van der Waals surface area contributed by atoms with E-state index in [9.17, 15) is 9.90 Å². The van der Waals surface area contributed by atoms with Crippen molar-refractivity contribution in [3.8, 4) is 11.1 Å². The van der Waals surface area contributed by atoms with Gasteiger partial charge in [0, 0.05) is 28.4 Å². The molecule has 0 unspecified atom stereocenters. The van der Waals surface area contributed by atoms with E-state index in [1.165, 1.54) is 6.33 Å². The number of nitrogens with two attached hydrogens (primary N) is 1. The van der Waals surface area contributed by atoms with Crippen molar-refractivity contribution in [3.05, 3.63) is 65.3 Å². The molecule has 0 aliphatic rings. The van der Waals surface area contributed by atoms with Gasteiger partial charge >= 0.3 is 6.03 Å². The van der Waals surface area contributed by atoms with Gasteiger partial charge in [0.1, 0.15) is 17.0 Å². The lowest BCUT2D eigenvalue weighted by molar-refractivity contribution is 0.262. The van der Waals surface area contributed by atoms with Gasteiger partial charge in [0.15, 0.2) is 0 Å². The van der Waals surface area contributed by atoms with Gasteiger partial charge in [0.25, 0.3) is 0 Å². The third kappa shape index (κ3) is 4.65. The van der Waals surface area contributed by atoms with Crippen LogP contribution in [-0.4, -0.2) is 27.7 Å². The number of benzene rings is 2. The minimum atomic E-state index is -0.305. The summed E-state index contributed by atoms with van der Waals surface area (Å²) in [4.78, 5) is 22.8. The second kappa shape index (κ2) is 9.11. The summed E-state index contributed by atoms with van der Waals surface area (Å²) in [6.07, 6.45) is 2.85. The zero-order valence-electron chi connectivity index (χ0n) is 17.1. The molecule has 2 amide bonds. The van der Waals surface area contributed by atoms with Gasteiger partial charge in [-0.3, -0.25) is 0 Å². The van der Waals surface area contributed by atoms with E-state index in [0.29, 0.717) is 17.9 Å². The average molecular weight is 434 g/mol. The van der Waals surface area contributed by atoms with Gasteiger partial charge in [0.2, 0.25) is 0 Å². The van der Waals surface area contributed by atoms with E-state index in [2.05, 4.69) is 20.6 Å². The maximum absolute atomic E-state index is 12.3. The quantitative estimate of drug-likeness (QED) is 0.348. The number of nitrogen functional groups attached to an aromatic ring is 1. The molecule has 4 aromatic rings. The first-order valence-electron chi connectivity index (χ1n) is 9.93. The molecule has 2 aromatic heterocycles. The van der Waals surface area contributed by atoms with Crippen molar-refractivity contribution in [3.63, 3.8) is 0 Å². The van der Waals surface area contributed by atoms with Crippen LogP contribution in [0.3, 0.4) is 0 Å². The Labute approximate surface area is 184 Å². The third-order valence-corrected chi connectivity index (χ3v) is 6.02. The number of aliphatic hydroxyl groups excluding tert-OH is 1. The Balaban J connectivity index is 1.58. The normalized spacial score (nSPS) is 10.9. The fraction of sp³-hybridized carbons (Fsp3) is 0.174. The van der Waals surface area contributed by atoms with Crippen molar-refractivity contribution in [2.75, 3.05) is 23.0 Å². The van der Waals surface area contributed by atoms with E-state index in [0.717, 1.165) is 43.9 Å². The molecule has 0 atom stereocenters. The Hall–Kier alpha value is -3.49. The van der Waals surface area contributed by atoms with Gasteiger partial charge in [-0.15, -0.1) is 11.3 Å². The number of hydrogen-bond donors (Lipinski definition) is 4. The molecule has 8 heteroatoms. The maximum Gasteiger partial charge on any atom is 0.323 e. The zero-order valence-corrected chi connectivity index (χ0v) is 17.9. The maximum atomic E-state index is 12.3. The van der Waals surface area contributed by atoms with Crippen molar-refractivity contribution in [1.29, 1.82) is 0 Å². The van der Waals surface area contributed by atoms with Crippen LogP contribution in [0.2, 0.25) is 0 Å². The van der Waals surface area contributed by atoms with Crippen LogP contribution in [0.25, 0.3) is 21.3 Å². The summed E-state index contributed by atoms with van der Waals surface area (Å²) < 4.78 is 0. The molecule has 0 aliphatic heterocycles. The van der Waals surface area contributed by atoms with E-state index in [-0.39, 0.29) is 12.6 Å². The topological polar surface area (TPSA) is 113 Å².